The molecule has 2 heteroatoms. The van der Waals surface area contributed by atoms with E-state index >= 15 is 0 Å². The number of unbranched alkanes of at least 4 members (excludes halogenated alkanes) is 3. The van der Waals surface area contributed by atoms with Gasteiger partial charge in [-0.2, -0.15) is 0 Å². The van der Waals surface area contributed by atoms with Crippen molar-refractivity contribution in [3.8, 4) is 11.1 Å². The molecule has 0 saturated carbocycles. The normalized spacial score (nSPS) is 13.8. The number of rotatable bonds is 13. The maximum absolute atomic E-state index is 6.25. The van der Waals surface area contributed by atoms with Crippen molar-refractivity contribution in [1.29, 1.82) is 0 Å². The molecule has 0 radical (unpaired) electrons. The van der Waals surface area contributed by atoms with Crippen molar-refractivity contribution < 1.29 is 4.74 Å². The first-order valence-corrected chi connectivity index (χ1v) is 20.5. The maximum atomic E-state index is 6.25. The SMILES string of the molecule is CCC[CH2][Sn]([CH2]CCC)([CH2]CCC)[c]1c(C(C)OCC)ccc2c1Cc1ccccc1-2. The number of benzene rings is 2. The summed E-state index contributed by atoms with van der Waals surface area (Å²) in [6.07, 6.45) is 9.52. The van der Waals surface area contributed by atoms with E-state index in [0.29, 0.717) is 0 Å². The van der Waals surface area contributed by atoms with Gasteiger partial charge in [-0.15, -0.1) is 0 Å². The van der Waals surface area contributed by atoms with Crippen LogP contribution < -0.4 is 3.58 Å². The third kappa shape index (κ3) is 5.41. The minimum absolute atomic E-state index is 0.204. The van der Waals surface area contributed by atoms with Gasteiger partial charge in [-0.1, -0.05) is 0 Å². The van der Waals surface area contributed by atoms with Crippen molar-refractivity contribution in [2.24, 2.45) is 0 Å². The number of ether oxygens (including phenoxy) is 1. The van der Waals surface area contributed by atoms with E-state index in [0.717, 1.165) is 13.0 Å². The quantitative estimate of drug-likeness (QED) is 0.203. The first-order valence-electron chi connectivity index (χ1n) is 13.0. The molecular weight excluding hydrogens is 483 g/mol. The van der Waals surface area contributed by atoms with Gasteiger partial charge < -0.3 is 0 Å². The summed E-state index contributed by atoms with van der Waals surface area (Å²) >= 11 is -2.63. The fourth-order valence-electron chi connectivity index (χ4n) is 5.83. The third-order valence-electron chi connectivity index (χ3n) is 7.43. The van der Waals surface area contributed by atoms with Crippen molar-refractivity contribution >= 4 is 22.0 Å². The fourth-order valence-corrected chi connectivity index (χ4v) is 24.0. The third-order valence-corrected chi connectivity index (χ3v) is 23.4. The Labute approximate surface area is 195 Å². The van der Waals surface area contributed by atoms with Gasteiger partial charge in [-0.25, -0.2) is 0 Å². The summed E-state index contributed by atoms with van der Waals surface area (Å²) in [6, 6.07) is 14.0. The molecular formula is C29H44OSn. The second kappa shape index (κ2) is 11.9. The van der Waals surface area contributed by atoms with Crippen molar-refractivity contribution in [2.75, 3.05) is 6.61 Å². The average Bonchev–Trinajstić information content (AvgIpc) is 3.17. The molecule has 1 aliphatic rings. The first kappa shape index (κ1) is 24.8. The summed E-state index contributed by atoms with van der Waals surface area (Å²) in [7, 11) is 0. The van der Waals surface area contributed by atoms with Crippen LogP contribution in [-0.2, 0) is 11.2 Å². The van der Waals surface area contributed by atoms with Crippen LogP contribution in [-0.4, -0.2) is 25.0 Å². The summed E-state index contributed by atoms with van der Waals surface area (Å²) < 4.78 is 12.7. The zero-order valence-electron chi connectivity index (χ0n) is 20.7. The van der Waals surface area contributed by atoms with Gasteiger partial charge in [-0.3, -0.25) is 0 Å². The molecule has 0 N–H and O–H groups in total. The summed E-state index contributed by atoms with van der Waals surface area (Å²) in [4.78, 5) is 0. The van der Waals surface area contributed by atoms with Crippen LogP contribution in [0.25, 0.3) is 11.1 Å². The second-order valence-electron chi connectivity index (χ2n) is 9.58. The topological polar surface area (TPSA) is 9.23 Å². The standard InChI is InChI=1S/C17H17O.3C4H9.Sn/c1-3-18-12(2)13-8-9-17-15(10-13)11-14-6-4-5-7-16(14)17;3*1-3-4-2;/h4-9,12H,3,11H2,1-2H3;3*1,3-4H2,2H3;. The Hall–Kier alpha value is -0.801. The Kier molecular flexibility index (Phi) is 9.52. The van der Waals surface area contributed by atoms with Crippen LogP contribution in [0.5, 0.6) is 0 Å². The Balaban J connectivity index is 2.23. The Morgan fingerprint density at radius 3 is 2.00 bits per heavy atom. The van der Waals surface area contributed by atoms with Crippen LogP contribution in [0.2, 0.25) is 13.3 Å². The molecule has 0 fully saturated rings. The molecule has 1 unspecified atom stereocenters. The second-order valence-corrected chi connectivity index (χ2v) is 22.6. The molecule has 1 aliphatic carbocycles. The van der Waals surface area contributed by atoms with Crippen LogP contribution >= 0.6 is 0 Å². The predicted octanol–water partition coefficient (Wildman–Crippen LogP) is 8.41. The number of hydrogen-bond acceptors (Lipinski definition) is 1. The van der Waals surface area contributed by atoms with Gasteiger partial charge in [0.25, 0.3) is 0 Å². The van der Waals surface area contributed by atoms with E-state index in [2.05, 4.69) is 71.0 Å². The molecule has 0 saturated heterocycles. The van der Waals surface area contributed by atoms with Gasteiger partial charge >= 0.3 is 196 Å². The van der Waals surface area contributed by atoms with E-state index < -0.39 is 18.4 Å². The summed E-state index contributed by atoms with van der Waals surface area (Å²) in [5.74, 6) is 0. The molecule has 2 aromatic rings. The van der Waals surface area contributed by atoms with Gasteiger partial charge in [0.05, 0.1) is 0 Å². The van der Waals surface area contributed by atoms with E-state index in [4.69, 9.17) is 4.74 Å². The molecule has 2 aromatic carbocycles. The predicted molar refractivity (Wildman–Crippen MR) is 139 cm³/mol. The van der Waals surface area contributed by atoms with Crippen molar-refractivity contribution in [3.05, 3.63) is 53.1 Å². The van der Waals surface area contributed by atoms with Gasteiger partial charge in [-0.05, 0) is 0 Å². The molecule has 3 rings (SSSR count). The average molecular weight is 527 g/mol. The minimum atomic E-state index is -2.63. The molecule has 0 heterocycles. The van der Waals surface area contributed by atoms with Crippen LogP contribution in [0, 0.1) is 0 Å². The molecule has 0 bridgehead atoms. The number of hydrogen-bond donors (Lipinski definition) is 0. The van der Waals surface area contributed by atoms with E-state index in [1.165, 1.54) is 68.5 Å². The van der Waals surface area contributed by atoms with Crippen molar-refractivity contribution in [2.45, 2.75) is 99.0 Å². The fraction of sp³-hybridized carbons (Fsp3) is 0.586. The first-order chi connectivity index (χ1) is 15.1. The molecule has 0 aromatic heterocycles. The molecule has 0 spiro atoms. The van der Waals surface area contributed by atoms with Crippen LogP contribution in [0.4, 0.5) is 0 Å². The van der Waals surface area contributed by atoms with Crippen LogP contribution in [0.3, 0.4) is 0 Å². The molecule has 1 nitrogen and oxygen atoms in total. The van der Waals surface area contributed by atoms with Gasteiger partial charge in [0.1, 0.15) is 0 Å². The number of fused-ring (bicyclic) bond motifs is 3. The zero-order valence-corrected chi connectivity index (χ0v) is 23.6. The van der Waals surface area contributed by atoms with Crippen LogP contribution in [0.1, 0.15) is 95.9 Å². The molecule has 170 valence electrons. The Bertz CT molecular complexity index is 819. The van der Waals surface area contributed by atoms with Gasteiger partial charge in [0.2, 0.25) is 0 Å². The van der Waals surface area contributed by atoms with Crippen molar-refractivity contribution in [3.63, 3.8) is 0 Å². The summed E-state index contributed by atoms with van der Waals surface area (Å²) in [5, 5.41) is 0. The molecule has 31 heavy (non-hydrogen) atoms. The van der Waals surface area contributed by atoms with E-state index in [1.807, 2.05) is 3.58 Å². The van der Waals surface area contributed by atoms with Gasteiger partial charge in [0, 0.05) is 0 Å². The molecule has 1 atom stereocenters. The van der Waals surface area contributed by atoms with E-state index in [-0.39, 0.29) is 6.10 Å². The van der Waals surface area contributed by atoms with E-state index in [9.17, 15) is 0 Å². The molecule has 0 amide bonds. The zero-order chi connectivity index (χ0) is 22.3. The van der Waals surface area contributed by atoms with Gasteiger partial charge in [0.15, 0.2) is 0 Å². The summed E-state index contributed by atoms with van der Waals surface area (Å²) in [5.41, 5.74) is 7.79. The monoisotopic (exact) mass is 528 g/mol. The molecule has 0 aliphatic heterocycles. The Morgan fingerprint density at radius 2 is 1.42 bits per heavy atom. The van der Waals surface area contributed by atoms with Crippen molar-refractivity contribution in [1.82, 2.24) is 0 Å². The summed E-state index contributed by atoms with van der Waals surface area (Å²) in [6.45, 7) is 12.4. The van der Waals surface area contributed by atoms with Crippen LogP contribution in [0.15, 0.2) is 36.4 Å². The van der Waals surface area contributed by atoms with E-state index in [1.54, 1.807) is 11.1 Å². The Morgan fingerprint density at radius 1 is 0.806 bits per heavy atom.